The largest absolute Gasteiger partial charge is 0.414 e. The van der Waals surface area contributed by atoms with E-state index in [4.69, 9.17) is 33.4 Å². The summed E-state index contributed by atoms with van der Waals surface area (Å²) in [6.07, 6.45) is -2.52. The molecule has 2 saturated heterocycles. The van der Waals surface area contributed by atoms with Gasteiger partial charge in [-0.25, -0.2) is 4.98 Å². The summed E-state index contributed by atoms with van der Waals surface area (Å²) in [5.41, 5.74) is -2.44. The number of ether oxygens (including phenoxy) is 1. The normalized spacial score (nSPS) is 30.2. The van der Waals surface area contributed by atoms with E-state index in [0.29, 0.717) is 0 Å². The van der Waals surface area contributed by atoms with Crippen LogP contribution in [0.3, 0.4) is 0 Å². The van der Waals surface area contributed by atoms with Crippen LogP contribution in [0.5, 0.6) is 0 Å². The molecule has 0 aromatic carbocycles. The molecule has 2 aromatic rings. The molecule has 0 bridgehead atoms. The fourth-order valence-electron chi connectivity index (χ4n) is 5.73. The monoisotopic (exact) mass is 602 g/mol. The number of fused-ring (bicyclic) bond motifs is 2. The predicted octanol–water partition coefficient (Wildman–Crippen LogP) is 5.04. The van der Waals surface area contributed by atoms with Crippen LogP contribution in [0.1, 0.15) is 79.5 Å². The van der Waals surface area contributed by atoms with E-state index in [1.807, 2.05) is 27.7 Å². The molecule has 4 atom stereocenters. The van der Waals surface area contributed by atoms with Gasteiger partial charge in [0.05, 0.1) is 12.9 Å². The Morgan fingerprint density at radius 3 is 2.31 bits per heavy atom. The Balaban J connectivity index is 1.94. The number of rotatable bonds is 6. The highest BCUT2D eigenvalue weighted by atomic mass is 35.5. The quantitative estimate of drug-likeness (QED) is 0.345. The number of amides is 1. The molecule has 4 rings (SSSR count). The lowest BCUT2D eigenvalue weighted by Gasteiger charge is -2.52. The maximum absolute atomic E-state index is 12.4. The second-order valence-corrected chi connectivity index (χ2v) is 20.9. The van der Waals surface area contributed by atoms with E-state index >= 15 is 0 Å². The Labute approximate surface area is 241 Å². The van der Waals surface area contributed by atoms with Crippen molar-refractivity contribution in [2.75, 3.05) is 11.9 Å². The van der Waals surface area contributed by atoms with E-state index in [1.54, 1.807) is 0 Å². The van der Waals surface area contributed by atoms with Crippen LogP contribution in [0.4, 0.5) is 5.95 Å². The molecule has 0 spiro atoms. The van der Waals surface area contributed by atoms with E-state index in [0.717, 1.165) is 0 Å². The first kappa shape index (κ1) is 26.4. The summed E-state index contributed by atoms with van der Waals surface area (Å²) in [4.78, 5) is 24.4. The second-order valence-electron chi connectivity index (χ2n) is 11.7. The van der Waals surface area contributed by atoms with E-state index in [9.17, 15) is 9.90 Å². The number of hydrogen-bond acceptors (Lipinski definition) is 9. The molecule has 14 heteroatoms. The van der Waals surface area contributed by atoms with Crippen molar-refractivity contribution in [3.8, 4) is 0 Å². The number of carbonyl (C=O) groups excluding carboxylic acids is 1. The van der Waals surface area contributed by atoms with Gasteiger partial charge in [-0.3, -0.25) is 14.7 Å². The van der Waals surface area contributed by atoms with Crippen molar-refractivity contribution in [1.29, 1.82) is 0 Å². The number of imidazole rings is 1. The molecule has 218 valence electrons. The van der Waals surface area contributed by atoms with Crippen LogP contribution in [-0.2, 0) is 22.5 Å². The van der Waals surface area contributed by atoms with Crippen molar-refractivity contribution in [3.05, 3.63) is 11.5 Å². The molecule has 39 heavy (non-hydrogen) atoms. The van der Waals surface area contributed by atoms with Crippen molar-refractivity contribution in [2.45, 2.75) is 115 Å². The molecule has 2 N–H and O–H groups in total. The number of hydrogen-bond donors (Lipinski definition) is 2. The van der Waals surface area contributed by atoms with Crippen molar-refractivity contribution in [1.82, 2.24) is 19.5 Å². The maximum atomic E-state index is 12.4. The summed E-state index contributed by atoms with van der Waals surface area (Å²) in [6, 6.07) is 0. The minimum atomic E-state index is -3.31. The van der Waals surface area contributed by atoms with Crippen LogP contribution in [0.25, 0.3) is 11.2 Å². The highest BCUT2D eigenvalue weighted by molar-refractivity contribution is 6.84. The number of nitrogens with zero attached hydrogens (tertiary/aromatic N) is 4. The minimum Gasteiger partial charge on any atom is -0.414 e. The summed E-state index contributed by atoms with van der Waals surface area (Å²) < 4.78 is 54.3. The predicted molar refractivity (Wildman–Crippen MR) is 153 cm³/mol. The Morgan fingerprint density at radius 1 is 1.15 bits per heavy atom. The smallest absolute Gasteiger partial charge is 0.335 e. The Kier molecular flexibility index (Phi) is 7.29. The molecular formula is C25H42ClN5O6Si2. The minimum absolute atomic E-state index is 0.0394. The van der Waals surface area contributed by atoms with Gasteiger partial charge in [0.15, 0.2) is 17.0 Å². The standard InChI is InChI=1S/C25H42ClN5O6Si2/c1-13(2)38(14(3)4)34-11-18-20(36-39(37-38,15(5)6)16(7)8)25(10,33)23(35-18)31-12-27-19-21(26)29-24(28-17(9)32)30-22(19)31/h12-16,18,20,23,33H,11H2,1-10H3,(H,28,29,30,32)/t18-,20-,23-,25+/m1/s1/i10D3. The fourth-order valence-corrected chi connectivity index (χ4v) is 17.2. The fraction of sp³-hybridized carbons (Fsp3) is 0.760. The molecule has 0 saturated carbocycles. The van der Waals surface area contributed by atoms with E-state index in [1.165, 1.54) is 17.8 Å². The molecule has 11 nitrogen and oxygen atoms in total. The summed E-state index contributed by atoms with van der Waals surface area (Å²) in [6.45, 7) is 14.6. The molecule has 0 unspecified atom stereocenters. The molecule has 2 aliphatic heterocycles. The molecular weight excluding hydrogens is 558 g/mol. The molecule has 2 fully saturated rings. The van der Waals surface area contributed by atoms with Gasteiger partial charge in [-0.1, -0.05) is 67.0 Å². The number of aliphatic hydroxyl groups is 1. The van der Waals surface area contributed by atoms with Crippen LogP contribution in [0, 0.1) is 0 Å². The van der Waals surface area contributed by atoms with Crippen LogP contribution in [0.2, 0.25) is 27.3 Å². The molecule has 0 aliphatic carbocycles. The van der Waals surface area contributed by atoms with Crippen LogP contribution in [-0.4, -0.2) is 72.1 Å². The third-order valence-corrected chi connectivity index (χ3v) is 18.2. The second kappa shape index (κ2) is 10.7. The van der Waals surface area contributed by atoms with Crippen molar-refractivity contribution in [2.24, 2.45) is 0 Å². The average molecular weight is 603 g/mol. The Morgan fingerprint density at radius 2 is 1.77 bits per heavy atom. The zero-order chi connectivity index (χ0) is 31.6. The molecule has 2 aliphatic rings. The molecule has 1 amide bonds. The topological polar surface area (TPSA) is 130 Å². The summed E-state index contributed by atoms with van der Waals surface area (Å²) in [7, 11) is -6.27. The third kappa shape index (κ3) is 5.09. The lowest BCUT2D eigenvalue weighted by molar-refractivity contribution is -0.114. The first-order chi connectivity index (χ1) is 19.3. The van der Waals surface area contributed by atoms with Crippen molar-refractivity contribution in [3.63, 3.8) is 0 Å². The van der Waals surface area contributed by atoms with Gasteiger partial charge in [-0.15, -0.1) is 0 Å². The maximum Gasteiger partial charge on any atom is 0.335 e. The highest BCUT2D eigenvalue weighted by Crippen LogP contribution is 2.51. The van der Waals surface area contributed by atoms with Gasteiger partial charge in [0.2, 0.25) is 11.9 Å². The summed E-state index contributed by atoms with van der Waals surface area (Å²) in [5.74, 6) is -0.532. The lowest BCUT2D eigenvalue weighted by atomic mass is 9.96. The first-order valence-corrected chi connectivity index (χ1v) is 17.7. The lowest BCUT2D eigenvalue weighted by Crippen LogP contribution is -2.66. The zero-order valence-electron chi connectivity index (χ0n) is 27.0. The average Bonchev–Trinajstić information content (AvgIpc) is 3.37. The van der Waals surface area contributed by atoms with Crippen molar-refractivity contribution >= 4 is 51.7 Å². The van der Waals surface area contributed by atoms with E-state index in [2.05, 4.69) is 48.0 Å². The molecule has 0 radical (unpaired) electrons. The van der Waals surface area contributed by atoms with Gasteiger partial charge < -0.3 is 22.8 Å². The highest BCUT2D eigenvalue weighted by Gasteiger charge is 2.64. The Bertz CT molecular complexity index is 1310. The van der Waals surface area contributed by atoms with E-state index < -0.39 is 53.9 Å². The zero-order valence-corrected chi connectivity index (χ0v) is 26.7. The third-order valence-electron chi connectivity index (χ3n) is 7.69. The summed E-state index contributed by atoms with van der Waals surface area (Å²) >= 11 is 6.35. The first-order valence-electron chi connectivity index (χ1n) is 14.9. The van der Waals surface area contributed by atoms with E-state index in [-0.39, 0.29) is 51.0 Å². The van der Waals surface area contributed by atoms with Crippen molar-refractivity contribution < 1.29 is 31.7 Å². The molecule has 2 aromatic heterocycles. The van der Waals surface area contributed by atoms with Gasteiger partial charge >= 0.3 is 17.1 Å². The van der Waals surface area contributed by atoms with Gasteiger partial charge in [0, 0.05) is 11.0 Å². The van der Waals surface area contributed by atoms with Crippen LogP contribution in [0.15, 0.2) is 6.33 Å². The number of halogens is 1. The number of anilines is 1. The van der Waals surface area contributed by atoms with Crippen LogP contribution >= 0.6 is 11.6 Å². The summed E-state index contributed by atoms with van der Waals surface area (Å²) in [5, 5.41) is 14.8. The number of aromatic nitrogens is 4. The SMILES string of the molecule is [2H]C([2H])([2H])[C@]1(O)[C@@H]2O[Si](C(C)C)(C(C)C)O[Si](C(C)C)(C(C)C)OC[C@H]2O[C@H]1n1cnc2c(Cl)nc(NC(C)=O)nc21. The molecule has 4 heterocycles. The van der Waals surface area contributed by atoms with Crippen LogP contribution < -0.4 is 5.32 Å². The van der Waals surface area contributed by atoms with Gasteiger partial charge in [0.25, 0.3) is 0 Å². The van der Waals surface area contributed by atoms with Gasteiger partial charge in [-0.2, -0.15) is 9.97 Å². The number of carbonyl (C=O) groups is 1. The van der Waals surface area contributed by atoms with Gasteiger partial charge in [-0.05, 0) is 29.0 Å². The number of nitrogens with one attached hydrogen (secondary N) is 1. The van der Waals surface area contributed by atoms with Gasteiger partial charge in [0.1, 0.15) is 23.3 Å². The Hall–Kier alpha value is -1.46.